The van der Waals surface area contributed by atoms with Crippen molar-refractivity contribution in [3.8, 4) is 0 Å². The highest BCUT2D eigenvalue weighted by Crippen LogP contribution is 2.51. The number of benzene rings is 1. The Balaban J connectivity index is 1.97. The lowest BCUT2D eigenvalue weighted by Gasteiger charge is -2.52. The number of likely N-dealkylation sites (N-methyl/N-ethyl adjacent to an activating group) is 1. The molecule has 0 saturated heterocycles. The molecule has 1 N–H and O–H groups in total. The summed E-state index contributed by atoms with van der Waals surface area (Å²) in [7, 11) is 2.09. The first-order valence-corrected chi connectivity index (χ1v) is 7.18. The quantitative estimate of drug-likeness (QED) is 0.910. The van der Waals surface area contributed by atoms with E-state index in [2.05, 4.69) is 69.6 Å². The van der Waals surface area contributed by atoms with E-state index in [0.717, 1.165) is 10.4 Å². The summed E-state index contributed by atoms with van der Waals surface area (Å²) in [5.41, 5.74) is 4.86. The van der Waals surface area contributed by atoms with Gasteiger partial charge in [0.05, 0.1) is 0 Å². The minimum absolute atomic E-state index is 0.189. The molecule has 1 saturated carbocycles. The molecule has 1 unspecified atom stereocenters. The van der Waals surface area contributed by atoms with E-state index < -0.39 is 0 Å². The Hall–Kier alpha value is -1.03. The van der Waals surface area contributed by atoms with Crippen molar-refractivity contribution in [2.45, 2.75) is 31.3 Å². The molecule has 18 heavy (non-hydrogen) atoms. The van der Waals surface area contributed by atoms with Crippen molar-refractivity contribution in [1.29, 1.82) is 0 Å². The number of nitrogens with zero attached hydrogens (tertiary/aromatic N) is 2. The van der Waals surface area contributed by atoms with E-state index in [1.165, 1.54) is 18.4 Å². The molecule has 1 aliphatic heterocycles. The zero-order valence-electron chi connectivity index (χ0n) is 10.7. The molecule has 3 nitrogen and oxygen atoms in total. The van der Waals surface area contributed by atoms with Crippen LogP contribution in [-0.2, 0) is 5.41 Å². The maximum Gasteiger partial charge on any atom is 0.125 e. The lowest BCUT2D eigenvalue weighted by molar-refractivity contribution is 0.0638. The van der Waals surface area contributed by atoms with E-state index in [1.54, 1.807) is 0 Å². The van der Waals surface area contributed by atoms with Crippen LogP contribution in [0.1, 0.15) is 25.3 Å². The predicted molar refractivity (Wildman–Crippen MR) is 77.4 cm³/mol. The van der Waals surface area contributed by atoms with Gasteiger partial charge in [0.1, 0.15) is 12.5 Å². The third-order valence-corrected chi connectivity index (χ3v) is 4.69. The molecule has 0 aromatic heterocycles. The van der Waals surface area contributed by atoms with Gasteiger partial charge >= 0.3 is 0 Å². The van der Waals surface area contributed by atoms with Crippen LogP contribution in [0.4, 0.5) is 0 Å². The van der Waals surface area contributed by atoms with Gasteiger partial charge in [0.2, 0.25) is 0 Å². The lowest BCUT2D eigenvalue weighted by atomic mass is 9.57. The highest BCUT2D eigenvalue weighted by atomic mass is 79.9. The molecule has 3 rings (SSSR count). The van der Waals surface area contributed by atoms with Crippen LogP contribution in [0.25, 0.3) is 0 Å². The van der Waals surface area contributed by atoms with Crippen LogP contribution in [0.2, 0.25) is 0 Å². The van der Waals surface area contributed by atoms with Gasteiger partial charge in [0, 0.05) is 16.9 Å². The van der Waals surface area contributed by atoms with Gasteiger partial charge in [-0.25, -0.2) is 0 Å². The molecule has 0 bridgehead atoms. The van der Waals surface area contributed by atoms with Crippen molar-refractivity contribution in [2.75, 3.05) is 7.05 Å². The molecular formula is C14H18BrN3. The number of halogens is 1. The molecular weight excluding hydrogens is 290 g/mol. The first-order valence-electron chi connectivity index (χ1n) is 6.38. The van der Waals surface area contributed by atoms with Gasteiger partial charge in [-0.3, -0.25) is 5.43 Å². The topological polar surface area (TPSA) is 27.6 Å². The molecule has 1 fully saturated rings. The maximum atomic E-state index is 4.21. The van der Waals surface area contributed by atoms with Gasteiger partial charge in [-0.05, 0) is 36.5 Å². The smallest absolute Gasteiger partial charge is 0.125 e. The van der Waals surface area contributed by atoms with Gasteiger partial charge in [0.15, 0.2) is 0 Å². The lowest BCUT2D eigenvalue weighted by Crippen LogP contribution is -2.58. The maximum absolute atomic E-state index is 4.21. The Morgan fingerprint density at radius 2 is 2.22 bits per heavy atom. The Kier molecular flexibility index (Phi) is 2.85. The highest BCUT2D eigenvalue weighted by molar-refractivity contribution is 9.10. The molecule has 1 aromatic carbocycles. The minimum atomic E-state index is 0.189. The summed E-state index contributed by atoms with van der Waals surface area (Å²) >= 11 is 3.58. The Labute approximate surface area is 116 Å². The van der Waals surface area contributed by atoms with Crippen molar-refractivity contribution >= 4 is 22.3 Å². The number of rotatable bonds is 2. The van der Waals surface area contributed by atoms with Gasteiger partial charge in [-0.2, -0.15) is 5.10 Å². The van der Waals surface area contributed by atoms with Gasteiger partial charge in [-0.15, -0.1) is 0 Å². The summed E-state index contributed by atoms with van der Waals surface area (Å²) in [5.74, 6) is 0.791. The Morgan fingerprint density at radius 3 is 2.78 bits per heavy atom. The second-order valence-electron chi connectivity index (χ2n) is 5.62. The van der Waals surface area contributed by atoms with E-state index >= 15 is 0 Å². The molecule has 0 amide bonds. The van der Waals surface area contributed by atoms with Crippen molar-refractivity contribution < 1.29 is 0 Å². The van der Waals surface area contributed by atoms with Crippen LogP contribution in [0, 0.1) is 5.92 Å². The normalized spacial score (nSPS) is 34.3. The Morgan fingerprint density at radius 1 is 1.44 bits per heavy atom. The van der Waals surface area contributed by atoms with Crippen molar-refractivity contribution in [1.82, 2.24) is 10.3 Å². The van der Waals surface area contributed by atoms with E-state index in [1.807, 2.05) is 6.34 Å². The van der Waals surface area contributed by atoms with Crippen molar-refractivity contribution in [3.63, 3.8) is 0 Å². The van der Waals surface area contributed by atoms with Crippen LogP contribution in [0.15, 0.2) is 33.8 Å². The van der Waals surface area contributed by atoms with Crippen LogP contribution in [-0.4, -0.2) is 24.5 Å². The number of nitrogens with one attached hydrogen (secondary N) is 1. The molecule has 0 spiro atoms. The van der Waals surface area contributed by atoms with E-state index in [0.29, 0.717) is 0 Å². The van der Waals surface area contributed by atoms with Crippen molar-refractivity contribution in [3.05, 3.63) is 34.3 Å². The Bertz CT molecular complexity index is 480. The first-order chi connectivity index (χ1) is 8.62. The third-order valence-electron chi connectivity index (χ3n) is 4.19. The minimum Gasteiger partial charge on any atom is -0.342 e. The molecule has 1 heterocycles. The van der Waals surface area contributed by atoms with Crippen LogP contribution >= 0.6 is 15.9 Å². The average molecular weight is 308 g/mol. The summed E-state index contributed by atoms with van der Waals surface area (Å²) < 4.78 is 1.15. The average Bonchev–Trinajstić information content (AvgIpc) is 2.71. The molecule has 96 valence electrons. The number of hydrogen-bond acceptors (Lipinski definition) is 3. The van der Waals surface area contributed by atoms with Crippen LogP contribution < -0.4 is 5.43 Å². The highest BCUT2D eigenvalue weighted by Gasteiger charge is 2.51. The fraction of sp³-hybridized carbons (Fsp3) is 0.500. The molecule has 1 aliphatic carbocycles. The first kappa shape index (κ1) is 12.0. The fourth-order valence-corrected chi connectivity index (χ4v) is 3.86. The standard InChI is InChI=1S/C14H18BrN3/c1-10-7-14(8-10,13-17-16-9-18(13)2)11-4-3-5-12(15)6-11/h3-6,9-10,13,17H,7-8H2,1-2H3. The van der Waals surface area contributed by atoms with Gasteiger partial charge in [-0.1, -0.05) is 35.0 Å². The van der Waals surface area contributed by atoms with Gasteiger partial charge < -0.3 is 4.90 Å². The zero-order valence-corrected chi connectivity index (χ0v) is 12.3. The second kappa shape index (κ2) is 4.26. The monoisotopic (exact) mass is 307 g/mol. The fourth-order valence-electron chi connectivity index (χ4n) is 3.46. The summed E-state index contributed by atoms with van der Waals surface area (Å²) in [6.07, 6.45) is 4.60. The van der Waals surface area contributed by atoms with Crippen LogP contribution in [0.3, 0.4) is 0 Å². The van der Waals surface area contributed by atoms with Crippen LogP contribution in [0.5, 0.6) is 0 Å². The number of hydrogen-bond donors (Lipinski definition) is 1. The predicted octanol–water partition coefficient (Wildman–Crippen LogP) is 2.92. The third kappa shape index (κ3) is 1.74. The van der Waals surface area contributed by atoms with E-state index in [9.17, 15) is 0 Å². The van der Waals surface area contributed by atoms with E-state index in [4.69, 9.17) is 0 Å². The molecule has 1 atom stereocenters. The second-order valence-corrected chi connectivity index (χ2v) is 6.54. The van der Waals surface area contributed by atoms with E-state index in [-0.39, 0.29) is 11.6 Å². The summed E-state index contributed by atoms with van der Waals surface area (Å²) in [6, 6.07) is 8.70. The molecule has 4 heteroatoms. The molecule has 0 radical (unpaired) electrons. The summed E-state index contributed by atoms with van der Waals surface area (Å²) in [4.78, 5) is 2.19. The molecule has 1 aromatic rings. The zero-order chi connectivity index (χ0) is 12.8. The van der Waals surface area contributed by atoms with Crippen molar-refractivity contribution in [2.24, 2.45) is 11.0 Å². The molecule has 2 aliphatic rings. The number of hydrazone groups is 1. The largest absolute Gasteiger partial charge is 0.342 e. The SMILES string of the molecule is CC1CC(c2cccc(Br)c2)(C2NN=CN2C)C1. The summed E-state index contributed by atoms with van der Waals surface area (Å²) in [5, 5.41) is 4.21. The van der Waals surface area contributed by atoms with Gasteiger partial charge in [0.25, 0.3) is 0 Å². The summed E-state index contributed by atoms with van der Waals surface area (Å²) in [6.45, 7) is 2.33.